The van der Waals surface area contributed by atoms with Gasteiger partial charge < -0.3 is 4.90 Å². The molecule has 1 saturated heterocycles. The van der Waals surface area contributed by atoms with Crippen LogP contribution < -0.4 is 10.5 Å². The quantitative estimate of drug-likeness (QED) is 0.698. The number of para-hydroxylation sites is 1. The Morgan fingerprint density at radius 1 is 1.07 bits per heavy atom. The van der Waals surface area contributed by atoms with Crippen molar-refractivity contribution in [2.24, 2.45) is 7.05 Å². The van der Waals surface area contributed by atoms with E-state index < -0.39 is 0 Å². The molecule has 1 atom stereocenters. The molecule has 27 heavy (non-hydrogen) atoms. The first-order valence-corrected chi connectivity index (χ1v) is 9.43. The molecule has 0 spiro atoms. The van der Waals surface area contributed by atoms with E-state index in [1.54, 1.807) is 4.57 Å². The highest BCUT2D eigenvalue weighted by Crippen LogP contribution is 2.34. The van der Waals surface area contributed by atoms with Crippen LogP contribution in [0.2, 0.25) is 0 Å². The third-order valence-corrected chi connectivity index (χ3v) is 5.28. The molecule has 3 aromatic rings. The SMILES string of the molecule is Cn1c(C2CCCN2c2ccc(C(C)(C)C)nn2)nc2ccccc2c1=O. The van der Waals surface area contributed by atoms with Gasteiger partial charge in [0.15, 0.2) is 5.82 Å². The predicted molar refractivity (Wildman–Crippen MR) is 107 cm³/mol. The van der Waals surface area contributed by atoms with E-state index in [2.05, 4.69) is 35.9 Å². The van der Waals surface area contributed by atoms with Crippen LogP contribution >= 0.6 is 0 Å². The number of aromatic nitrogens is 4. The van der Waals surface area contributed by atoms with Gasteiger partial charge in [-0.3, -0.25) is 9.36 Å². The van der Waals surface area contributed by atoms with E-state index in [-0.39, 0.29) is 17.0 Å². The summed E-state index contributed by atoms with van der Waals surface area (Å²) in [4.78, 5) is 19.8. The Bertz CT molecular complexity index is 1030. The first-order valence-electron chi connectivity index (χ1n) is 9.43. The first kappa shape index (κ1) is 17.6. The van der Waals surface area contributed by atoms with Crippen molar-refractivity contribution in [3.05, 3.63) is 58.3 Å². The van der Waals surface area contributed by atoms with Crippen molar-refractivity contribution in [1.29, 1.82) is 0 Å². The summed E-state index contributed by atoms with van der Waals surface area (Å²) < 4.78 is 1.68. The summed E-state index contributed by atoms with van der Waals surface area (Å²) in [6.45, 7) is 7.27. The lowest BCUT2D eigenvalue weighted by atomic mass is 9.92. The van der Waals surface area contributed by atoms with Gasteiger partial charge in [0.1, 0.15) is 5.82 Å². The molecule has 0 saturated carbocycles. The van der Waals surface area contributed by atoms with E-state index in [4.69, 9.17) is 4.98 Å². The van der Waals surface area contributed by atoms with Crippen LogP contribution in [0, 0.1) is 0 Å². The number of nitrogens with zero attached hydrogens (tertiary/aromatic N) is 5. The number of anilines is 1. The lowest BCUT2D eigenvalue weighted by Crippen LogP contribution is -2.31. The highest BCUT2D eigenvalue weighted by molar-refractivity contribution is 5.77. The monoisotopic (exact) mass is 363 g/mol. The summed E-state index contributed by atoms with van der Waals surface area (Å²) in [5, 5.41) is 9.57. The molecule has 2 aromatic heterocycles. The van der Waals surface area contributed by atoms with E-state index in [1.807, 2.05) is 43.4 Å². The molecular formula is C21H25N5O. The van der Waals surface area contributed by atoms with Gasteiger partial charge in [-0.05, 0) is 37.1 Å². The maximum absolute atomic E-state index is 12.8. The lowest BCUT2D eigenvalue weighted by Gasteiger charge is -2.27. The standard InChI is InChI=1S/C21H25N5O/c1-21(2,3)17-11-12-18(24-23-17)26-13-7-10-16(26)19-22-15-9-6-5-8-14(15)20(27)25(19)4/h5-6,8-9,11-12,16H,7,10,13H2,1-4H3. The van der Waals surface area contributed by atoms with E-state index >= 15 is 0 Å². The molecule has 1 aromatic carbocycles. The molecule has 0 bridgehead atoms. The summed E-state index contributed by atoms with van der Waals surface area (Å²) in [5.41, 5.74) is 1.69. The Morgan fingerprint density at radius 2 is 1.85 bits per heavy atom. The van der Waals surface area contributed by atoms with Gasteiger partial charge >= 0.3 is 0 Å². The molecule has 0 aliphatic carbocycles. The van der Waals surface area contributed by atoms with Crippen molar-refractivity contribution in [1.82, 2.24) is 19.7 Å². The van der Waals surface area contributed by atoms with Crippen molar-refractivity contribution in [3.8, 4) is 0 Å². The molecule has 0 radical (unpaired) electrons. The molecule has 6 heteroatoms. The maximum Gasteiger partial charge on any atom is 0.261 e. The van der Waals surface area contributed by atoms with E-state index in [0.717, 1.165) is 42.2 Å². The number of rotatable bonds is 2. The molecule has 1 fully saturated rings. The Hall–Kier alpha value is -2.76. The fourth-order valence-corrected chi connectivity index (χ4v) is 3.72. The number of hydrogen-bond donors (Lipinski definition) is 0. The second-order valence-corrected chi connectivity index (χ2v) is 8.23. The van der Waals surface area contributed by atoms with Crippen molar-refractivity contribution in [2.45, 2.75) is 45.1 Å². The molecule has 6 nitrogen and oxygen atoms in total. The van der Waals surface area contributed by atoms with Crippen LogP contribution in [0.3, 0.4) is 0 Å². The summed E-state index contributed by atoms with van der Waals surface area (Å²) >= 11 is 0. The third-order valence-electron chi connectivity index (χ3n) is 5.28. The summed E-state index contributed by atoms with van der Waals surface area (Å²) in [5.74, 6) is 1.63. The second-order valence-electron chi connectivity index (χ2n) is 8.23. The smallest absolute Gasteiger partial charge is 0.261 e. The van der Waals surface area contributed by atoms with Crippen LogP contribution in [0.5, 0.6) is 0 Å². The molecule has 1 unspecified atom stereocenters. The van der Waals surface area contributed by atoms with Crippen LogP contribution in [-0.2, 0) is 12.5 Å². The second kappa shape index (κ2) is 6.44. The highest BCUT2D eigenvalue weighted by atomic mass is 16.1. The largest absolute Gasteiger partial charge is 0.345 e. The minimum atomic E-state index is -0.0280. The van der Waals surface area contributed by atoms with Crippen LogP contribution in [0.1, 0.15) is 51.2 Å². The number of benzene rings is 1. The van der Waals surface area contributed by atoms with Crippen LogP contribution in [0.4, 0.5) is 5.82 Å². The normalized spacial score (nSPS) is 17.6. The van der Waals surface area contributed by atoms with Crippen molar-refractivity contribution in [3.63, 3.8) is 0 Å². The average molecular weight is 363 g/mol. The van der Waals surface area contributed by atoms with Gasteiger partial charge in [-0.15, -0.1) is 5.10 Å². The Balaban J connectivity index is 1.75. The molecule has 0 amide bonds. The Kier molecular flexibility index (Phi) is 4.21. The average Bonchev–Trinajstić information content (AvgIpc) is 3.13. The summed E-state index contributed by atoms with van der Waals surface area (Å²) in [6, 6.07) is 11.6. The maximum atomic E-state index is 12.8. The molecule has 3 heterocycles. The van der Waals surface area contributed by atoms with Gasteiger partial charge in [0.05, 0.1) is 22.6 Å². The van der Waals surface area contributed by atoms with E-state index in [0.29, 0.717) is 5.39 Å². The topological polar surface area (TPSA) is 63.9 Å². The van der Waals surface area contributed by atoms with Crippen molar-refractivity contribution < 1.29 is 0 Å². The minimum Gasteiger partial charge on any atom is -0.345 e. The zero-order valence-corrected chi connectivity index (χ0v) is 16.3. The number of fused-ring (bicyclic) bond motifs is 1. The van der Waals surface area contributed by atoms with Gasteiger partial charge in [0, 0.05) is 19.0 Å². The minimum absolute atomic E-state index is 0.00313. The zero-order valence-electron chi connectivity index (χ0n) is 16.3. The van der Waals surface area contributed by atoms with Gasteiger partial charge in [-0.1, -0.05) is 32.9 Å². The molecule has 0 N–H and O–H groups in total. The molecule has 4 rings (SSSR count). The molecule has 140 valence electrons. The van der Waals surface area contributed by atoms with Gasteiger partial charge in [0.25, 0.3) is 5.56 Å². The lowest BCUT2D eigenvalue weighted by molar-refractivity contribution is 0.555. The predicted octanol–water partition coefficient (Wildman–Crippen LogP) is 3.36. The van der Waals surface area contributed by atoms with Gasteiger partial charge in [-0.2, -0.15) is 5.10 Å². The zero-order chi connectivity index (χ0) is 19.2. The fourth-order valence-electron chi connectivity index (χ4n) is 3.72. The first-order chi connectivity index (χ1) is 12.9. The van der Waals surface area contributed by atoms with E-state index in [9.17, 15) is 4.79 Å². The van der Waals surface area contributed by atoms with Gasteiger partial charge in [0.2, 0.25) is 0 Å². The fraction of sp³-hybridized carbons (Fsp3) is 0.429. The molecule has 1 aliphatic rings. The van der Waals surface area contributed by atoms with Crippen LogP contribution in [-0.4, -0.2) is 26.3 Å². The highest BCUT2D eigenvalue weighted by Gasteiger charge is 2.31. The summed E-state index contributed by atoms with van der Waals surface area (Å²) in [7, 11) is 1.81. The van der Waals surface area contributed by atoms with Crippen LogP contribution in [0.25, 0.3) is 10.9 Å². The summed E-state index contributed by atoms with van der Waals surface area (Å²) in [6.07, 6.45) is 1.98. The Labute approximate surface area is 158 Å². The third kappa shape index (κ3) is 3.09. The van der Waals surface area contributed by atoms with Crippen molar-refractivity contribution >= 4 is 16.7 Å². The van der Waals surface area contributed by atoms with Gasteiger partial charge in [-0.25, -0.2) is 4.98 Å². The van der Waals surface area contributed by atoms with E-state index in [1.165, 1.54) is 0 Å². The van der Waals surface area contributed by atoms with Crippen LogP contribution in [0.15, 0.2) is 41.2 Å². The molecule has 1 aliphatic heterocycles. The Morgan fingerprint density at radius 3 is 2.56 bits per heavy atom. The van der Waals surface area contributed by atoms with Crippen molar-refractivity contribution in [2.75, 3.05) is 11.4 Å². The number of hydrogen-bond acceptors (Lipinski definition) is 5. The molecular weight excluding hydrogens is 338 g/mol.